The average Bonchev–Trinajstić information content (AvgIpc) is 2.99. The first-order chi connectivity index (χ1) is 9.54. The number of hydrogen-bond acceptors (Lipinski definition) is 4. The van der Waals surface area contributed by atoms with E-state index < -0.39 is 0 Å². The predicted molar refractivity (Wildman–Crippen MR) is 75.6 cm³/mol. The van der Waals surface area contributed by atoms with Crippen molar-refractivity contribution in [2.75, 3.05) is 20.1 Å². The van der Waals surface area contributed by atoms with Gasteiger partial charge in [0.2, 0.25) is 0 Å². The standard InChI is InChI=1S/C15H23N3O2/c1-9(2)11-7-18(3)8-13(11)16-15(19)12-6-14(20-17-12)10-4-5-10/h6,9-11,13H,4-5,7-8H2,1-3H3,(H,16,19)/t11-,13+/m0/s1. The molecule has 2 atom stereocenters. The largest absolute Gasteiger partial charge is 0.360 e. The number of amides is 1. The summed E-state index contributed by atoms with van der Waals surface area (Å²) in [5.41, 5.74) is 0.420. The van der Waals surface area contributed by atoms with E-state index in [9.17, 15) is 4.79 Å². The van der Waals surface area contributed by atoms with Crippen LogP contribution in [0.5, 0.6) is 0 Å². The van der Waals surface area contributed by atoms with E-state index in [4.69, 9.17) is 4.52 Å². The summed E-state index contributed by atoms with van der Waals surface area (Å²) in [6.45, 7) is 6.37. The van der Waals surface area contributed by atoms with Crippen LogP contribution >= 0.6 is 0 Å². The smallest absolute Gasteiger partial charge is 0.273 e. The van der Waals surface area contributed by atoms with Crippen LogP contribution in [-0.2, 0) is 0 Å². The second-order valence-corrected chi connectivity index (χ2v) is 6.60. The molecule has 2 heterocycles. The van der Waals surface area contributed by atoms with Crippen molar-refractivity contribution < 1.29 is 9.32 Å². The third kappa shape index (κ3) is 2.73. The number of aromatic nitrogens is 1. The van der Waals surface area contributed by atoms with Crippen molar-refractivity contribution in [2.24, 2.45) is 11.8 Å². The summed E-state index contributed by atoms with van der Waals surface area (Å²) in [6.07, 6.45) is 2.30. The lowest BCUT2D eigenvalue weighted by Gasteiger charge is -2.22. The zero-order valence-corrected chi connectivity index (χ0v) is 12.4. The molecule has 1 aromatic rings. The van der Waals surface area contributed by atoms with E-state index in [1.165, 1.54) is 0 Å². The fraction of sp³-hybridized carbons (Fsp3) is 0.733. The van der Waals surface area contributed by atoms with Crippen molar-refractivity contribution in [3.8, 4) is 0 Å². The average molecular weight is 277 g/mol. The molecule has 0 unspecified atom stereocenters. The van der Waals surface area contributed by atoms with Gasteiger partial charge in [0.15, 0.2) is 5.69 Å². The number of carbonyl (C=O) groups is 1. The van der Waals surface area contributed by atoms with Crippen LogP contribution in [0.15, 0.2) is 10.6 Å². The van der Waals surface area contributed by atoms with Gasteiger partial charge >= 0.3 is 0 Å². The molecule has 2 fully saturated rings. The highest BCUT2D eigenvalue weighted by molar-refractivity contribution is 5.92. The fourth-order valence-electron chi connectivity index (χ4n) is 3.06. The second kappa shape index (κ2) is 5.20. The molecule has 3 rings (SSSR count). The number of carbonyl (C=O) groups excluding carboxylic acids is 1. The van der Waals surface area contributed by atoms with Crippen LogP contribution in [0.1, 0.15) is 48.9 Å². The van der Waals surface area contributed by atoms with Gasteiger partial charge in [-0.1, -0.05) is 19.0 Å². The maximum Gasteiger partial charge on any atom is 0.273 e. The van der Waals surface area contributed by atoms with Crippen molar-refractivity contribution in [1.29, 1.82) is 0 Å². The summed E-state index contributed by atoms with van der Waals surface area (Å²) in [4.78, 5) is 14.6. The van der Waals surface area contributed by atoms with Crippen LogP contribution in [0.2, 0.25) is 0 Å². The van der Waals surface area contributed by atoms with E-state index in [1.807, 2.05) is 0 Å². The summed E-state index contributed by atoms with van der Waals surface area (Å²) in [5.74, 6) is 2.30. The Hall–Kier alpha value is -1.36. The number of nitrogens with zero attached hydrogens (tertiary/aromatic N) is 2. The Morgan fingerprint density at radius 2 is 2.20 bits per heavy atom. The van der Waals surface area contributed by atoms with E-state index in [2.05, 4.69) is 36.3 Å². The molecule has 5 nitrogen and oxygen atoms in total. The van der Waals surface area contributed by atoms with Gasteiger partial charge in [0.25, 0.3) is 5.91 Å². The summed E-state index contributed by atoms with van der Waals surface area (Å²) in [7, 11) is 2.10. The molecule has 2 aliphatic rings. The summed E-state index contributed by atoms with van der Waals surface area (Å²) >= 11 is 0. The van der Waals surface area contributed by atoms with Crippen LogP contribution in [0.25, 0.3) is 0 Å². The molecule has 1 saturated heterocycles. The lowest BCUT2D eigenvalue weighted by atomic mass is 9.91. The Morgan fingerprint density at radius 3 is 2.85 bits per heavy atom. The van der Waals surface area contributed by atoms with Gasteiger partial charge < -0.3 is 14.7 Å². The maximum absolute atomic E-state index is 12.3. The Balaban J connectivity index is 1.65. The number of hydrogen-bond donors (Lipinski definition) is 1. The van der Waals surface area contributed by atoms with Gasteiger partial charge in [-0.2, -0.15) is 0 Å². The molecule has 110 valence electrons. The minimum absolute atomic E-state index is 0.105. The molecule has 0 radical (unpaired) electrons. The molecule has 5 heteroatoms. The highest BCUT2D eigenvalue weighted by Crippen LogP contribution is 2.40. The van der Waals surface area contributed by atoms with Gasteiger partial charge in [0.1, 0.15) is 5.76 Å². The van der Waals surface area contributed by atoms with Crippen molar-refractivity contribution in [3.05, 3.63) is 17.5 Å². The molecular weight excluding hydrogens is 254 g/mol. The topological polar surface area (TPSA) is 58.4 Å². The molecule has 0 bridgehead atoms. The lowest BCUT2D eigenvalue weighted by molar-refractivity contribution is 0.0916. The minimum Gasteiger partial charge on any atom is -0.360 e. The molecule has 0 spiro atoms. The third-order valence-electron chi connectivity index (χ3n) is 4.46. The van der Waals surface area contributed by atoms with Crippen LogP contribution in [0.4, 0.5) is 0 Å². The van der Waals surface area contributed by atoms with Crippen molar-refractivity contribution in [3.63, 3.8) is 0 Å². The Labute approximate surface area is 119 Å². The molecule has 1 amide bonds. The Morgan fingerprint density at radius 1 is 1.45 bits per heavy atom. The number of rotatable bonds is 4. The Bertz CT molecular complexity index is 493. The van der Waals surface area contributed by atoms with Crippen LogP contribution in [0.3, 0.4) is 0 Å². The first-order valence-electron chi connectivity index (χ1n) is 7.50. The molecule has 1 aliphatic carbocycles. The normalized spacial score (nSPS) is 27.2. The Kier molecular flexibility index (Phi) is 3.54. The van der Waals surface area contributed by atoms with Crippen LogP contribution in [-0.4, -0.2) is 42.1 Å². The number of likely N-dealkylation sites (tertiary alicyclic amines) is 1. The number of nitrogens with one attached hydrogen (secondary N) is 1. The third-order valence-corrected chi connectivity index (χ3v) is 4.46. The molecule has 1 N–H and O–H groups in total. The molecule has 1 aliphatic heterocycles. The summed E-state index contributed by atoms with van der Waals surface area (Å²) in [5, 5.41) is 7.03. The quantitative estimate of drug-likeness (QED) is 0.912. The monoisotopic (exact) mass is 277 g/mol. The highest BCUT2D eigenvalue weighted by Gasteiger charge is 2.35. The highest BCUT2D eigenvalue weighted by atomic mass is 16.5. The predicted octanol–water partition coefficient (Wildman–Crippen LogP) is 1.87. The molecule has 0 aromatic carbocycles. The zero-order valence-electron chi connectivity index (χ0n) is 12.4. The second-order valence-electron chi connectivity index (χ2n) is 6.60. The van der Waals surface area contributed by atoms with Crippen molar-refractivity contribution >= 4 is 5.91 Å². The van der Waals surface area contributed by atoms with E-state index >= 15 is 0 Å². The first kappa shape index (κ1) is 13.6. The zero-order chi connectivity index (χ0) is 14.3. The molecule has 1 aromatic heterocycles. The molecular formula is C15H23N3O2. The van der Waals surface area contributed by atoms with Gasteiger partial charge in [-0.05, 0) is 31.7 Å². The van der Waals surface area contributed by atoms with Gasteiger partial charge in [0.05, 0.1) is 0 Å². The van der Waals surface area contributed by atoms with Crippen molar-refractivity contribution in [2.45, 2.75) is 38.6 Å². The summed E-state index contributed by atoms with van der Waals surface area (Å²) < 4.78 is 5.25. The van der Waals surface area contributed by atoms with Gasteiger partial charge in [-0.3, -0.25) is 4.79 Å². The van der Waals surface area contributed by atoms with Gasteiger partial charge in [0, 0.05) is 31.1 Å². The SMILES string of the molecule is CC(C)[C@@H]1CN(C)C[C@H]1NC(=O)c1cc(C2CC2)on1. The summed E-state index contributed by atoms with van der Waals surface area (Å²) in [6, 6.07) is 2.00. The van der Waals surface area contributed by atoms with Crippen LogP contribution < -0.4 is 5.32 Å². The maximum atomic E-state index is 12.3. The minimum atomic E-state index is -0.105. The number of likely N-dealkylation sites (N-methyl/N-ethyl adjacent to an activating group) is 1. The lowest BCUT2D eigenvalue weighted by Crippen LogP contribution is -2.42. The van der Waals surface area contributed by atoms with Crippen molar-refractivity contribution in [1.82, 2.24) is 15.4 Å². The molecule has 1 saturated carbocycles. The van der Waals surface area contributed by atoms with Crippen LogP contribution in [0, 0.1) is 11.8 Å². The first-order valence-corrected chi connectivity index (χ1v) is 7.50. The van der Waals surface area contributed by atoms with Gasteiger partial charge in [-0.25, -0.2) is 0 Å². The molecule has 20 heavy (non-hydrogen) atoms. The van der Waals surface area contributed by atoms with E-state index in [0.717, 1.165) is 31.7 Å². The fourth-order valence-corrected chi connectivity index (χ4v) is 3.06. The van der Waals surface area contributed by atoms with E-state index in [0.29, 0.717) is 23.4 Å². The van der Waals surface area contributed by atoms with E-state index in [1.54, 1.807) is 6.07 Å². The van der Waals surface area contributed by atoms with Gasteiger partial charge in [-0.15, -0.1) is 0 Å². The van der Waals surface area contributed by atoms with E-state index in [-0.39, 0.29) is 11.9 Å².